The Morgan fingerprint density at radius 3 is 2.09 bits per heavy atom. The highest BCUT2D eigenvalue weighted by Gasteiger charge is 2.55. The molecule has 0 saturated heterocycles. The van der Waals surface area contributed by atoms with Crippen LogP contribution in [0.3, 0.4) is 0 Å². The average molecular weight is 304 g/mol. The van der Waals surface area contributed by atoms with Crippen LogP contribution in [-0.4, -0.2) is 28.7 Å². The smallest absolute Gasteiger partial charge is 0.410 e. The molecule has 4 nitrogen and oxygen atoms in total. The summed E-state index contributed by atoms with van der Waals surface area (Å²) in [4.78, 5) is 14.7. The van der Waals surface area contributed by atoms with Gasteiger partial charge in [0.2, 0.25) is 0 Å². The molecule has 122 valence electrons. The van der Waals surface area contributed by atoms with Crippen molar-refractivity contribution in [1.82, 2.24) is 4.90 Å². The molecular formula is C18H28N2O2. The third kappa shape index (κ3) is 2.95. The molecule has 0 N–H and O–H groups in total. The Bertz CT molecular complexity index is 451. The van der Waals surface area contributed by atoms with Crippen molar-refractivity contribution in [2.24, 2.45) is 17.8 Å². The van der Waals surface area contributed by atoms with Crippen LogP contribution in [-0.2, 0) is 4.74 Å². The van der Waals surface area contributed by atoms with E-state index in [9.17, 15) is 4.79 Å². The normalized spacial score (nSPS) is 36.0. The Morgan fingerprint density at radius 2 is 1.68 bits per heavy atom. The van der Waals surface area contributed by atoms with Gasteiger partial charge in [-0.1, -0.05) is 0 Å². The second-order valence-electron chi connectivity index (χ2n) is 8.68. The molecule has 22 heavy (non-hydrogen) atoms. The molecule has 0 atom stereocenters. The molecule has 4 heteroatoms. The van der Waals surface area contributed by atoms with Crippen LogP contribution in [0.4, 0.5) is 4.79 Å². The lowest BCUT2D eigenvalue weighted by molar-refractivity contribution is -0.0895. The van der Waals surface area contributed by atoms with Gasteiger partial charge in [0.05, 0.1) is 12.5 Å². The maximum Gasteiger partial charge on any atom is 0.410 e. The first-order valence-corrected chi connectivity index (χ1v) is 8.69. The third-order valence-corrected chi connectivity index (χ3v) is 5.64. The number of hydrogen-bond donors (Lipinski definition) is 0. The van der Waals surface area contributed by atoms with E-state index in [1.807, 2.05) is 25.7 Å². The first-order valence-electron chi connectivity index (χ1n) is 8.69. The van der Waals surface area contributed by atoms with Crippen molar-refractivity contribution < 1.29 is 9.53 Å². The summed E-state index contributed by atoms with van der Waals surface area (Å²) in [5.74, 6) is 2.33. The molecule has 0 heterocycles. The standard InChI is InChI=1S/C18H28N2O2/c1-17(2,3)22-16(21)20(6-4-5-19)18-10-13-7-14(11-18)9-15(8-13)12-18/h13-15H,4,6-12H2,1-3H3. The monoisotopic (exact) mass is 304 g/mol. The van der Waals surface area contributed by atoms with Crippen LogP contribution in [0, 0.1) is 29.1 Å². The van der Waals surface area contributed by atoms with Gasteiger partial charge in [-0.2, -0.15) is 5.26 Å². The van der Waals surface area contributed by atoms with Crippen molar-refractivity contribution >= 4 is 6.09 Å². The van der Waals surface area contributed by atoms with Gasteiger partial charge in [0.25, 0.3) is 0 Å². The summed E-state index contributed by atoms with van der Waals surface area (Å²) in [7, 11) is 0. The lowest BCUT2D eigenvalue weighted by atomic mass is 9.52. The fraction of sp³-hybridized carbons (Fsp3) is 0.889. The molecule has 0 radical (unpaired) electrons. The summed E-state index contributed by atoms with van der Waals surface area (Å²) in [5.41, 5.74) is -0.516. The largest absolute Gasteiger partial charge is 0.444 e. The molecule has 4 aliphatic rings. The lowest BCUT2D eigenvalue weighted by Crippen LogP contribution is -2.62. The zero-order valence-electron chi connectivity index (χ0n) is 14.1. The van der Waals surface area contributed by atoms with Crippen LogP contribution in [0.1, 0.15) is 65.7 Å². The molecule has 4 saturated carbocycles. The lowest BCUT2D eigenvalue weighted by Gasteiger charge is -2.60. The van der Waals surface area contributed by atoms with Gasteiger partial charge in [0, 0.05) is 12.1 Å². The molecule has 0 spiro atoms. The van der Waals surface area contributed by atoms with E-state index in [0.29, 0.717) is 13.0 Å². The molecule has 4 rings (SSSR count). The van der Waals surface area contributed by atoms with Gasteiger partial charge in [-0.3, -0.25) is 0 Å². The molecule has 0 aromatic heterocycles. The van der Waals surface area contributed by atoms with Crippen molar-refractivity contribution in [3.05, 3.63) is 0 Å². The molecular weight excluding hydrogens is 276 g/mol. The summed E-state index contributed by atoms with van der Waals surface area (Å²) >= 11 is 0. The number of nitriles is 1. The first kappa shape index (κ1) is 15.6. The minimum absolute atomic E-state index is 0.0338. The highest BCUT2D eigenvalue weighted by atomic mass is 16.6. The Balaban J connectivity index is 1.82. The second kappa shape index (κ2) is 5.44. The van der Waals surface area contributed by atoms with Crippen molar-refractivity contribution in [2.75, 3.05) is 6.54 Å². The maximum absolute atomic E-state index is 12.8. The number of carbonyl (C=O) groups excluding carboxylic acids is 1. The van der Waals surface area contributed by atoms with E-state index in [1.165, 1.54) is 19.3 Å². The third-order valence-electron chi connectivity index (χ3n) is 5.64. The first-order chi connectivity index (χ1) is 10.3. The maximum atomic E-state index is 12.8. The summed E-state index contributed by atoms with van der Waals surface area (Å²) in [6.07, 6.45) is 7.56. The van der Waals surface area contributed by atoms with Gasteiger partial charge in [0.1, 0.15) is 5.60 Å². The van der Waals surface area contributed by atoms with Crippen LogP contribution >= 0.6 is 0 Å². The van der Waals surface area contributed by atoms with E-state index in [4.69, 9.17) is 10.00 Å². The molecule has 4 fully saturated rings. The van der Waals surface area contributed by atoms with E-state index < -0.39 is 5.60 Å². The summed E-state index contributed by atoms with van der Waals surface area (Å²) in [5, 5.41) is 8.98. The molecule has 0 aliphatic heterocycles. The predicted molar refractivity (Wildman–Crippen MR) is 84.1 cm³/mol. The van der Waals surface area contributed by atoms with Gasteiger partial charge in [-0.25, -0.2) is 4.79 Å². The van der Waals surface area contributed by atoms with Crippen molar-refractivity contribution in [2.45, 2.75) is 76.9 Å². The van der Waals surface area contributed by atoms with Crippen LogP contribution < -0.4 is 0 Å². The Hall–Kier alpha value is -1.24. The Labute approximate surface area is 133 Å². The molecule has 4 bridgehead atoms. The summed E-state index contributed by atoms with van der Waals surface area (Å²) in [6.45, 7) is 6.24. The molecule has 0 aromatic rings. The minimum Gasteiger partial charge on any atom is -0.444 e. The minimum atomic E-state index is -0.482. The van der Waals surface area contributed by atoms with E-state index in [1.54, 1.807) is 0 Å². The number of carbonyl (C=O) groups is 1. The number of hydrogen-bond acceptors (Lipinski definition) is 3. The van der Waals surface area contributed by atoms with Gasteiger partial charge in [-0.15, -0.1) is 0 Å². The number of rotatable bonds is 3. The van der Waals surface area contributed by atoms with Gasteiger partial charge in [0.15, 0.2) is 0 Å². The van der Waals surface area contributed by atoms with Crippen LogP contribution in [0.2, 0.25) is 0 Å². The van der Waals surface area contributed by atoms with E-state index >= 15 is 0 Å². The van der Waals surface area contributed by atoms with E-state index in [-0.39, 0.29) is 11.6 Å². The summed E-state index contributed by atoms with van der Waals surface area (Å²) < 4.78 is 5.66. The fourth-order valence-corrected chi connectivity index (χ4v) is 5.40. The highest BCUT2D eigenvalue weighted by molar-refractivity contribution is 5.69. The van der Waals surface area contributed by atoms with Gasteiger partial charge < -0.3 is 9.64 Å². The number of ether oxygens (including phenoxy) is 1. The van der Waals surface area contributed by atoms with Crippen molar-refractivity contribution in [1.29, 1.82) is 5.26 Å². The quantitative estimate of drug-likeness (QED) is 0.788. The molecule has 0 aromatic carbocycles. The Morgan fingerprint density at radius 1 is 1.18 bits per heavy atom. The SMILES string of the molecule is CC(C)(C)OC(=O)N(CCC#N)C12CC3CC(CC(C3)C1)C2. The molecule has 1 amide bonds. The Kier molecular flexibility index (Phi) is 3.87. The zero-order valence-corrected chi connectivity index (χ0v) is 14.1. The van der Waals surface area contributed by atoms with E-state index in [2.05, 4.69) is 6.07 Å². The highest BCUT2D eigenvalue weighted by Crippen LogP contribution is 2.58. The topological polar surface area (TPSA) is 53.3 Å². The molecule has 0 unspecified atom stereocenters. The van der Waals surface area contributed by atoms with Crippen LogP contribution in [0.15, 0.2) is 0 Å². The zero-order chi connectivity index (χ0) is 16.0. The number of amides is 1. The van der Waals surface area contributed by atoms with Crippen molar-refractivity contribution in [3.8, 4) is 6.07 Å². The fourth-order valence-electron chi connectivity index (χ4n) is 5.40. The average Bonchev–Trinajstić information content (AvgIpc) is 2.34. The molecule has 4 aliphatic carbocycles. The summed E-state index contributed by atoms with van der Waals surface area (Å²) in [6, 6.07) is 2.20. The van der Waals surface area contributed by atoms with Crippen molar-refractivity contribution in [3.63, 3.8) is 0 Å². The number of nitrogens with zero attached hydrogens (tertiary/aromatic N) is 2. The predicted octanol–water partition coefficient (Wildman–Crippen LogP) is 4.11. The van der Waals surface area contributed by atoms with Gasteiger partial charge in [-0.05, 0) is 77.0 Å². The van der Waals surface area contributed by atoms with Crippen LogP contribution in [0.5, 0.6) is 0 Å². The van der Waals surface area contributed by atoms with E-state index in [0.717, 1.165) is 37.0 Å². The van der Waals surface area contributed by atoms with Gasteiger partial charge >= 0.3 is 6.09 Å². The van der Waals surface area contributed by atoms with Crippen LogP contribution in [0.25, 0.3) is 0 Å². The second-order valence-corrected chi connectivity index (χ2v) is 8.68.